The number of benzene rings is 2. The van der Waals surface area contributed by atoms with Gasteiger partial charge in [-0.2, -0.15) is 0 Å². The molecule has 0 heterocycles. The van der Waals surface area contributed by atoms with E-state index in [1.807, 2.05) is 36.4 Å². The Morgan fingerprint density at radius 1 is 1.06 bits per heavy atom. The smallest absolute Gasteiger partial charge is 0.137 e. The molecule has 0 radical (unpaired) electrons. The van der Waals surface area contributed by atoms with Crippen LogP contribution in [0.15, 0.2) is 42.5 Å². The lowest BCUT2D eigenvalue weighted by Gasteiger charge is -2.09. The highest BCUT2D eigenvalue weighted by atomic mass is 35.5. The largest absolute Gasteiger partial charge is 0.506 e. The molecule has 2 aromatic carbocycles. The SMILES string of the molecule is COc1ccccc1Cc1cccc(Cl)c1O. The second-order valence-electron chi connectivity index (χ2n) is 3.74. The van der Waals surface area contributed by atoms with Gasteiger partial charge < -0.3 is 9.84 Å². The quantitative estimate of drug-likeness (QED) is 0.899. The Morgan fingerprint density at radius 3 is 2.53 bits per heavy atom. The van der Waals surface area contributed by atoms with E-state index < -0.39 is 0 Å². The molecule has 1 N–H and O–H groups in total. The molecule has 0 atom stereocenters. The second kappa shape index (κ2) is 5.11. The van der Waals surface area contributed by atoms with Gasteiger partial charge in [0.15, 0.2) is 0 Å². The minimum atomic E-state index is 0.139. The van der Waals surface area contributed by atoms with Crippen LogP contribution in [0.5, 0.6) is 11.5 Å². The molecule has 2 nitrogen and oxygen atoms in total. The van der Waals surface area contributed by atoms with E-state index in [-0.39, 0.29) is 5.75 Å². The molecule has 0 spiro atoms. The van der Waals surface area contributed by atoms with Crippen molar-refractivity contribution in [3.63, 3.8) is 0 Å². The van der Waals surface area contributed by atoms with E-state index in [4.69, 9.17) is 16.3 Å². The van der Waals surface area contributed by atoms with Crippen LogP contribution in [-0.2, 0) is 6.42 Å². The van der Waals surface area contributed by atoms with Crippen LogP contribution in [-0.4, -0.2) is 12.2 Å². The first-order chi connectivity index (χ1) is 8.22. The van der Waals surface area contributed by atoms with Gasteiger partial charge in [-0.15, -0.1) is 0 Å². The van der Waals surface area contributed by atoms with Crippen LogP contribution in [0.4, 0.5) is 0 Å². The lowest BCUT2D eigenvalue weighted by Crippen LogP contribution is -1.94. The highest BCUT2D eigenvalue weighted by molar-refractivity contribution is 6.32. The van der Waals surface area contributed by atoms with Crippen LogP contribution in [0.25, 0.3) is 0 Å². The van der Waals surface area contributed by atoms with Gasteiger partial charge in [-0.25, -0.2) is 0 Å². The Bertz CT molecular complexity index is 523. The van der Waals surface area contributed by atoms with Gasteiger partial charge in [0, 0.05) is 6.42 Å². The molecule has 0 saturated heterocycles. The Kier molecular flexibility index (Phi) is 3.55. The summed E-state index contributed by atoms with van der Waals surface area (Å²) in [6.07, 6.45) is 0.594. The summed E-state index contributed by atoms with van der Waals surface area (Å²) in [5.74, 6) is 0.951. The standard InChI is InChI=1S/C14H13ClO2/c1-17-13-8-3-2-5-10(13)9-11-6-4-7-12(15)14(11)16/h2-8,16H,9H2,1H3. The van der Waals surface area contributed by atoms with Crippen molar-refractivity contribution >= 4 is 11.6 Å². The third-order valence-electron chi connectivity index (χ3n) is 2.64. The minimum Gasteiger partial charge on any atom is -0.506 e. The Balaban J connectivity index is 2.35. The Morgan fingerprint density at radius 2 is 1.76 bits per heavy atom. The molecule has 88 valence electrons. The zero-order chi connectivity index (χ0) is 12.3. The van der Waals surface area contributed by atoms with E-state index in [9.17, 15) is 5.11 Å². The predicted octanol–water partition coefficient (Wildman–Crippen LogP) is 3.65. The molecule has 17 heavy (non-hydrogen) atoms. The van der Waals surface area contributed by atoms with E-state index >= 15 is 0 Å². The molecule has 0 aliphatic carbocycles. The maximum absolute atomic E-state index is 9.85. The molecule has 2 aromatic rings. The number of para-hydroxylation sites is 2. The first-order valence-corrected chi connectivity index (χ1v) is 5.68. The fourth-order valence-electron chi connectivity index (χ4n) is 1.76. The summed E-state index contributed by atoms with van der Waals surface area (Å²) in [7, 11) is 1.64. The lowest BCUT2D eigenvalue weighted by atomic mass is 10.0. The molecule has 0 fully saturated rings. The van der Waals surface area contributed by atoms with Gasteiger partial charge >= 0.3 is 0 Å². The third kappa shape index (κ3) is 2.53. The summed E-state index contributed by atoms with van der Waals surface area (Å²) in [4.78, 5) is 0. The number of hydrogen-bond donors (Lipinski definition) is 1. The number of phenols is 1. The van der Waals surface area contributed by atoms with Gasteiger partial charge in [0.25, 0.3) is 0 Å². The first-order valence-electron chi connectivity index (χ1n) is 5.30. The van der Waals surface area contributed by atoms with Crippen molar-refractivity contribution in [3.05, 3.63) is 58.6 Å². The normalized spacial score (nSPS) is 10.2. The van der Waals surface area contributed by atoms with Crippen molar-refractivity contribution in [2.45, 2.75) is 6.42 Å². The molecular weight excluding hydrogens is 236 g/mol. The Labute approximate surface area is 105 Å². The van der Waals surface area contributed by atoms with Crippen LogP contribution in [0.2, 0.25) is 5.02 Å². The van der Waals surface area contributed by atoms with Crippen LogP contribution in [0.1, 0.15) is 11.1 Å². The van der Waals surface area contributed by atoms with Gasteiger partial charge in [-0.1, -0.05) is 41.9 Å². The number of rotatable bonds is 3. The van der Waals surface area contributed by atoms with Gasteiger partial charge in [0.05, 0.1) is 12.1 Å². The fraction of sp³-hybridized carbons (Fsp3) is 0.143. The lowest BCUT2D eigenvalue weighted by molar-refractivity contribution is 0.410. The summed E-state index contributed by atoms with van der Waals surface area (Å²) in [6.45, 7) is 0. The predicted molar refractivity (Wildman–Crippen MR) is 68.9 cm³/mol. The second-order valence-corrected chi connectivity index (χ2v) is 4.14. The first kappa shape index (κ1) is 11.8. The number of phenolic OH excluding ortho intramolecular Hbond substituents is 1. The van der Waals surface area contributed by atoms with Crippen molar-refractivity contribution in [2.24, 2.45) is 0 Å². The highest BCUT2D eigenvalue weighted by Gasteiger charge is 2.08. The minimum absolute atomic E-state index is 0.139. The zero-order valence-corrected chi connectivity index (χ0v) is 10.2. The topological polar surface area (TPSA) is 29.5 Å². The summed E-state index contributed by atoms with van der Waals surface area (Å²) >= 11 is 5.87. The van der Waals surface area contributed by atoms with Crippen LogP contribution in [0, 0.1) is 0 Å². The van der Waals surface area contributed by atoms with E-state index in [1.165, 1.54) is 0 Å². The number of hydrogen-bond acceptors (Lipinski definition) is 2. The zero-order valence-electron chi connectivity index (χ0n) is 9.48. The third-order valence-corrected chi connectivity index (χ3v) is 2.95. The van der Waals surface area contributed by atoms with Crippen molar-refractivity contribution in [1.29, 1.82) is 0 Å². The van der Waals surface area contributed by atoms with Gasteiger partial charge in [-0.05, 0) is 23.3 Å². The highest BCUT2D eigenvalue weighted by Crippen LogP contribution is 2.30. The van der Waals surface area contributed by atoms with E-state index in [0.29, 0.717) is 11.4 Å². The number of halogens is 1. The molecule has 3 heteroatoms. The summed E-state index contributed by atoms with van der Waals surface area (Å²) < 4.78 is 5.27. The molecule has 0 aliphatic heterocycles. The van der Waals surface area contributed by atoms with Gasteiger partial charge in [0.2, 0.25) is 0 Å². The molecule has 0 saturated carbocycles. The molecule has 0 amide bonds. The van der Waals surface area contributed by atoms with E-state index in [0.717, 1.165) is 16.9 Å². The van der Waals surface area contributed by atoms with Gasteiger partial charge in [0.1, 0.15) is 11.5 Å². The molecule has 0 unspecified atom stereocenters. The molecule has 0 aromatic heterocycles. The molecule has 0 aliphatic rings. The van der Waals surface area contributed by atoms with Crippen LogP contribution < -0.4 is 4.74 Å². The summed E-state index contributed by atoms with van der Waals surface area (Å²) in [5.41, 5.74) is 1.81. The monoisotopic (exact) mass is 248 g/mol. The molecule has 0 bridgehead atoms. The van der Waals surface area contributed by atoms with Crippen molar-refractivity contribution in [3.8, 4) is 11.5 Å². The maximum atomic E-state index is 9.85. The van der Waals surface area contributed by atoms with Crippen LogP contribution in [0.3, 0.4) is 0 Å². The maximum Gasteiger partial charge on any atom is 0.137 e. The Hall–Kier alpha value is -1.67. The molecule has 2 rings (SSSR count). The average molecular weight is 249 g/mol. The van der Waals surface area contributed by atoms with Crippen molar-refractivity contribution in [1.82, 2.24) is 0 Å². The summed E-state index contributed by atoms with van der Waals surface area (Å²) in [5, 5.41) is 10.2. The van der Waals surface area contributed by atoms with Gasteiger partial charge in [-0.3, -0.25) is 0 Å². The number of aromatic hydroxyl groups is 1. The van der Waals surface area contributed by atoms with E-state index in [2.05, 4.69) is 0 Å². The number of methoxy groups -OCH3 is 1. The molecular formula is C14H13ClO2. The van der Waals surface area contributed by atoms with E-state index in [1.54, 1.807) is 13.2 Å². The van der Waals surface area contributed by atoms with Crippen LogP contribution >= 0.6 is 11.6 Å². The fourth-order valence-corrected chi connectivity index (χ4v) is 1.95. The summed E-state index contributed by atoms with van der Waals surface area (Å²) in [6, 6.07) is 13.1. The average Bonchev–Trinajstić information content (AvgIpc) is 2.35. The van der Waals surface area contributed by atoms with Crippen molar-refractivity contribution in [2.75, 3.05) is 7.11 Å². The number of ether oxygens (including phenoxy) is 1. The van der Waals surface area contributed by atoms with Crippen molar-refractivity contribution < 1.29 is 9.84 Å².